The van der Waals surface area contributed by atoms with E-state index in [0.29, 0.717) is 4.47 Å². The van der Waals surface area contributed by atoms with Gasteiger partial charge >= 0.3 is 0 Å². The van der Waals surface area contributed by atoms with Crippen LogP contribution in [0.2, 0.25) is 5.02 Å². The number of benzene rings is 1. The first-order valence-electron chi connectivity index (χ1n) is 4.89. The first-order chi connectivity index (χ1) is 8.95. The number of ether oxygens (including phenoxy) is 1. The molecular weight excluding hydrogens is 342 g/mol. The van der Waals surface area contributed by atoms with Gasteiger partial charge in [-0.3, -0.25) is 10.1 Å². The summed E-state index contributed by atoms with van der Waals surface area (Å²) in [6.45, 7) is 0. The zero-order valence-electron chi connectivity index (χ0n) is 9.14. The smallest absolute Gasteiger partial charge is 0.274 e. The van der Waals surface area contributed by atoms with Crippen LogP contribution in [0.4, 0.5) is 10.1 Å². The van der Waals surface area contributed by atoms with Crippen LogP contribution >= 0.6 is 27.5 Å². The summed E-state index contributed by atoms with van der Waals surface area (Å²) >= 11 is 8.66. The van der Waals surface area contributed by atoms with E-state index >= 15 is 0 Å². The number of halogens is 3. The fraction of sp³-hybridized carbons (Fsp3) is 0. The molecule has 5 nitrogen and oxygen atoms in total. The largest absolute Gasteiger partial charge is 0.436 e. The minimum absolute atomic E-state index is 0.0924. The first-order valence-corrected chi connectivity index (χ1v) is 6.06. The molecule has 0 bridgehead atoms. The summed E-state index contributed by atoms with van der Waals surface area (Å²) in [7, 11) is 0. The van der Waals surface area contributed by atoms with E-state index in [2.05, 4.69) is 20.9 Å². The lowest BCUT2D eigenvalue weighted by Crippen LogP contribution is -1.94. The molecule has 0 saturated heterocycles. The Morgan fingerprint density at radius 2 is 2.11 bits per heavy atom. The Morgan fingerprint density at radius 3 is 2.74 bits per heavy atom. The van der Waals surface area contributed by atoms with Crippen molar-refractivity contribution in [3.05, 3.63) is 55.9 Å². The average molecular weight is 348 g/mol. The summed E-state index contributed by atoms with van der Waals surface area (Å²) in [4.78, 5) is 13.8. The highest BCUT2D eigenvalue weighted by molar-refractivity contribution is 9.10. The second-order valence-corrected chi connectivity index (χ2v) is 4.80. The maximum atomic E-state index is 13.5. The highest BCUT2D eigenvalue weighted by Crippen LogP contribution is 2.30. The van der Waals surface area contributed by atoms with Crippen LogP contribution in [0.15, 0.2) is 34.9 Å². The number of nitro groups is 1. The highest BCUT2D eigenvalue weighted by atomic mass is 79.9. The van der Waals surface area contributed by atoms with Crippen molar-refractivity contribution in [2.24, 2.45) is 0 Å². The number of nitro benzene ring substituents is 1. The molecule has 0 aliphatic rings. The third kappa shape index (κ3) is 3.39. The Morgan fingerprint density at radius 1 is 1.37 bits per heavy atom. The van der Waals surface area contributed by atoms with Gasteiger partial charge in [-0.25, -0.2) is 9.37 Å². The number of hydrogen-bond donors (Lipinski definition) is 0. The molecule has 1 aromatic carbocycles. The molecular formula is C11H5BrClFN2O3. The SMILES string of the molecule is O=[N+]([O-])c1cc(Br)cc(Oc2ncc(Cl)cc2F)c1. The lowest BCUT2D eigenvalue weighted by Gasteiger charge is -2.06. The quantitative estimate of drug-likeness (QED) is 0.612. The van der Waals surface area contributed by atoms with Gasteiger partial charge in [0.2, 0.25) is 0 Å². The Balaban J connectivity index is 2.35. The molecule has 19 heavy (non-hydrogen) atoms. The molecule has 1 heterocycles. The Labute approximate surface area is 120 Å². The number of hydrogen-bond acceptors (Lipinski definition) is 4. The predicted molar refractivity (Wildman–Crippen MR) is 70.1 cm³/mol. The summed E-state index contributed by atoms with van der Waals surface area (Å²) in [5, 5.41) is 10.8. The normalized spacial score (nSPS) is 10.3. The van der Waals surface area contributed by atoms with Gasteiger partial charge in [-0.2, -0.15) is 0 Å². The van der Waals surface area contributed by atoms with Crippen molar-refractivity contribution < 1.29 is 14.1 Å². The lowest BCUT2D eigenvalue weighted by atomic mass is 10.3. The van der Waals surface area contributed by atoms with E-state index < -0.39 is 10.7 Å². The van der Waals surface area contributed by atoms with Crippen LogP contribution in [0.1, 0.15) is 0 Å². The molecule has 0 radical (unpaired) electrons. The van der Waals surface area contributed by atoms with Crippen LogP contribution in [0.3, 0.4) is 0 Å². The van der Waals surface area contributed by atoms with Gasteiger partial charge < -0.3 is 4.74 Å². The zero-order valence-corrected chi connectivity index (χ0v) is 11.5. The van der Waals surface area contributed by atoms with Crippen molar-refractivity contribution in [3.63, 3.8) is 0 Å². The lowest BCUT2D eigenvalue weighted by molar-refractivity contribution is -0.385. The summed E-state index contributed by atoms with van der Waals surface area (Å²) < 4.78 is 19.1. The molecule has 1 aromatic heterocycles. The fourth-order valence-corrected chi connectivity index (χ4v) is 1.91. The number of aromatic nitrogens is 1. The van der Waals surface area contributed by atoms with Crippen LogP contribution in [0.25, 0.3) is 0 Å². The van der Waals surface area contributed by atoms with Crippen LogP contribution in [0.5, 0.6) is 11.6 Å². The number of nitrogens with zero attached hydrogens (tertiary/aromatic N) is 2. The van der Waals surface area contributed by atoms with E-state index in [0.717, 1.165) is 6.07 Å². The standard InChI is InChI=1S/C11H5BrClFN2O3/c12-6-1-8(16(17)18)4-9(2-6)19-11-10(14)3-7(13)5-15-11/h1-5H. The van der Waals surface area contributed by atoms with Crippen molar-refractivity contribution in [2.75, 3.05) is 0 Å². The van der Waals surface area contributed by atoms with Gasteiger partial charge in [-0.05, 0) is 12.1 Å². The molecule has 0 N–H and O–H groups in total. The molecule has 0 saturated carbocycles. The summed E-state index contributed by atoms with van der Waals surface area (Å²) in [5.74, 6) is -0.971. The van der Waals surface area contributed by atoms with Gasteiger partial charge in [0.15, 0.2) is 5.82 Å². The Kier molecular flexibility index (Phi) is 3.96. The van der Waals surface area contributed by atoms with E-state index in [1.54, 1.807) is 0 Å². The van der Waals surface area contributed by atoms with Gasteiger partial charge in [0.1, 0.15) is 5.75 Å². The van der Waals surface area contributed by atoms with E-state index in [9.17, 15) is 14.5 Å². The van der Waals surface area contributed by atoms with Gasteiger partial charge in [0, 0.05) is 16.7 Å². The van der Waals surface area contributed by atoms with Crippen LogP contribution in [0, 0.1) is 15.9 Å². The van der Waals surface area contributed by atoms with Gasteiger partial charge in [0.05, 0.1) is 16.0 Å². The van der Waals surface area contributed by atoms with E-state index in [1.165, 1.54) is 24.4 Å². The monoisotopic (exact) mass is 346 g/mol. The topological polar surface area (TPSA) is 65.3 Å². The molecule has 2 aromatic rings. The second-order valence-electron chi connectivity index (χ2n) is 3.44. The minimum Gasteiger partial charge on any atom is -0.436 e. The van der Waals surface area contributed by atoms with E-state index in [-0.39, 0.29) is 22.3 Å². The van der Waals surface area contributed by atoms with Crippen LogP contribution in [-0.4, -0.2) is 9.91 Å². The summed E-state index contributed by atoms with van der Waals surface area (Å²) in [6.07, 6.45) is 1.21. The van der Waals surface area contributed by atoms with E-state index in [1.807, 2.05) is 0 Å². The number of non-ortho nitro benzene ring substituents is 1. The Bertz CT molecular complexity index is 654. The molecule has 2 rings (SSSR count). The van der Waals surface area contributed by atoms with Crippen LogP contribution in [-0.2, 0) is 0 Å². The minimum atomic E-state index is -0.755. The van der Waals surface area contributed by atoms with Gasteiger partial charge in [0.25, 0.3) is 11.6 Å². The number of pyridine rings is 1. The fourth-order valence-electron chi connectivity index (χ4n) is 1.30. The summed E-state index contributed by atoms with van der Waals surface area (Å²) in [5.41, 5.74) is -0.182. The third-order valence-electron chi connectivity index (χ3n) is 2.06. The molecule has 8 heteroatoms. The molecule has 0 aliphatic heterocycles. The maximum Gasteiger partial charge on any atom is 0.274 e. The molecule has 0 spiro atoms. The second kappa shape index (κ2) is 5.50. The third-order valence-corrected chi connectivity index (χ3v) is 2.72. The summed E-state index contributed by atoms with van der Waals surface area (Å²) in [6, 6.07) is 4.97. The zero-order chi connectivity index (χ0) is 14.0. The molecule has 0 aliphatic carbocycles. The Hall–Kier alpha value is -1.73. The van der Waals surface area contributed by atoms with Gasteiger partial charge in [-0.15, -0.1) is 0 Å². The first kappa shape index (κ1) is 13.7. The van der Waals surface area contributed by atoms with Crippen molar-refractivity contribution in [1.82, 2.24) is 4.98 Å². The average Bonchev–Trinajstić information content (AvgIpc) is 2.32. The van der Waals surface area contributed by atoms with Crippen LogP contribution < -0.4 is 4.74 Å². The van der Waals surface area contributed by atoms with E-state index in [4.69, 9.17) is 16.3 Å². The van der Waals surface area contributed by atoms with Gasteiger partial charge in [-0.1, -0.05) is 27.5 Å². The predicted octanol–water partition coefficient (Wildman–Crippen LogP) is 4.34. The van der Waals surface area contributed by atoms with Crippen molar-refractivity contribution in [2.45, 2.75) is 0 Å². The van der Waals surface area contributed by atoms with Crippen molar-refractivity contribution >= 4 is 33.2 Å². The van der Waals surface area contributed by atoms with Crippen molar-refractivity contribution in [1.29, 1.82) is 0 Å². The molecule has 98 valence electrons. The number of rotatable bonds is 3. The molecule has 0 fully saturated rings. The molecule has 0 unspecified atom stereocenters. The maximum absolute atomic E-state index is 13.5. The highest BCUT2D eigenvalue weighted by Gasteiger charge is 2.12. The molecule has 0 amide bonds. The molecule has 0 atom stereocenters. The van der Waals surface area contributed by atoms with Crippen molar-refractivity contribution in [3.8, 4) is 11.6 Å².